The summed E-state index contributed by atoms with van der Waals surface area (Å²) in [5.41, 5.74) is 5.88. The Kier molecular flexibility index (Phi) is 4.15. The number of ether oxygens (including phenoxy) is 1. The molecule has 0 unspecified atom stereocenters. The molecule has 3 aromatic rings. The minimum absolute atomic E-state index is 0.275. The van der Waals surface area contributed by atoms with Gasteiger partial charge < -0.3 is 4.74 Å². The number of rotatable bonds is 2. The SMILES string of the molecule is c1ccc(-c2ccc(C3=NN4[C@@H](C3)c3ccccc3OC43CCCCC3)cc2)cc1. The summed E-state index contributed by atoms with van der Waals surface area (Å²) in [7, 11) is 0. The van der Waals surface area contributed by atoms with Crippen LogP contribution in [0.4, 0.5) is 0 Å². The molecule has 0 aromatic heterocycles. The maximum Gasteiger partial charge on any atom is 0.198 e. The molecule has 2 heterocycles. The van der Waals surface area contributed by atoms with Crippen LogP contribution in [-0.4, -0.2) is 16.4 Å². The fourth-order valence-electron chi connectivity index (χ4n) is 5.32. The fraction of sp³-hybridized carbons (Fsp3) is 0.296. The lowest BCUT2D eigenvalue weighted by molar-refractivity contribution is -0.140. The number of benzene rings is 3. The summed E-state index contributed by atoms with van der Waals surface area (Å²) < 4.78 is 6.65. The Labute approximate surface area is 178 Å². The molecule has 1 saturated carbocycles. The maximum absolute atomic E-state index is 6.65. The number of para-hydroxylation sites is 1. The van der Waals surface area contributed by atoms with Gasteiger partial charge in [-0.1, -0.05) is 79.2 Å². The molecular formula is C27H26N2O. The van der Waals surface area contributed by atoms with Crippen molar-refractivity contribution in [2.45, 2.75) is 50.3 Å². The number of hydrazone groups is 1. The second-order valence-corrected chi connectivity index (χ2v) is 8.70. The van der Waals surface area contributed by atoms with Gasteiger partial charge in [0.15, 0.2) is 5.72 Å². The summed E-state index contributed by atoms with van der Waals surface area (Å²) in [5.74, 6) is 1.05. The van der Waals surface area contributed by atoms with E-state index in [0.29, 0.717) is 0 Å². The van der Waals surface area contributed by atoms with Gasteiger partial charge >= 0.3 is 0 Å². The van der Waals surface area contributed by atoms with Crippen LogP contribution in [0.1, 0.15) is 55.7 Å². The van der Waals surface area contributed by atoms with E-state index in [-0.39, 0.29) is 11.8 Å². The van der Waals surface area contributed by atoms with Crippen molar-refractivity contribution < 1.29 is 4.74 Å². The van der Waals surface area contributed by atoms with Crippen molar-refractivity contribution in [1.82, 2.24) is 5.01 Å². The van der Waals surface area contributed by atoms with Gasteiger partial charge in [-0.05, 0) is 35.6 Å². The average molecular weight is 395 g/mol. The Morgan fingerprint density at radius 3 is 2.20 bits per heavy atom. The summed E-state index contributed by atoms with van der Waals surface area (Å²) in [4.78, 5) is 0. The van der Waals surface area contributed by atoms with Gasteiger partial charge in [-0.15, -0.1) is 0 Å². The highest BCUT2D eigenvalue weighted by Gasteiger charge is 2.50. The molecule has 3 aliphatic rings. The van der Waals surface area contributed by atoms with E-state index in [4.69, 9.17) is 9.84 Å². The Bertz CT molecular complexity index is 1080. The summed E-state index contributed by atoms with van der Waals surface area (Å²) in [5, 5.41) is 7.50. The van der Waals surface area contributed by atoms with E-state index in [1.165, 1.54) is 47.2 Å². The number of nitrogens with zero attached hydrogens (tertiary/aromatic N) is 2. The molecule has 3 nitrogen and oxygen atoms in total. The Balaban J connectivity index is 1.36. The molecule has 0 bridgehead atoms. The van der Waals surface area contributed by atoms with Crippen LogP contribution < -0.4 is 4.74 Å². The molecule has 1 aliphatic carbocycles. The molecule has 3 heteroatoms. The number of hydrogen-bond donors (Lipinski definition) is 0. The molecule has 0 saturated heterocycles. The lowest BCUT2D eigenvalue weighted by Gasteiger charge is -2.49. The first-order valence-corrected chi connectivity index (χ1v) is 11.1. The van der Waals surface area contributed by atoms with Crippen molar-refractivity contribution in [3.05, 3.63) is 90.0 Å². The van der Waals surface area contributed by atoms with E-state index in [0.717, 1.165) is 25.0 Å². The van der Waals surface area contributed by atoms with Gasteiger partial charge in [0.25, 0.3) is 0 Å². The van der Waals surface area contributed by atoms with Crippen molar-refractivity contribution in [3.8, 4) is 16.9 Å². The molecule has 2 aliphatic heterocycles. The van der Waals surface area contributed by atoms with Crippen LogP contribution in [0.5, 0.6) is 5.75 Å². The fourth-order valence-corrected chi connectivity index (χ4v) is 5.32. The highest BCUT2D eigenvalue weighted by Crippen LogP contribution is 2.51. The Morgan fingerprint density at radius 2 is 1.40 bits per heavy atom. The quantitative estimate of drug-likeness (QED) is 0.492. The minimum Gasteiger partial charge on any atom is -0.466 e. The predicted molar refractivity (Wildman–Crippen MR) is 120 cm³/mol. The molecule has 3 aromatic carbocycles. The van der Waals surface area contributed by atoms with Crippen LogP contribution in [0.25, 0.3) is 11.1 Å². The van der Waals surface area contributed by atoms with E-state index >= 15 is 0 Å². The molecule has 1 spiro atoms. The van der Waals surface area contributed by atoms with Crippen LogP contribution in [0.15, 0.2) is 84.0 Å². The third-order valence-electron chi connectivity index (χ3n) is 6.87. The zero-order valence-corrected chi connectivity index (χ0v) is 17.1. The molecule has 1 fully saturated rings. The second kappa shape index (κ2) is 7.02. The normalized spacial score (nSPS) is 21.5. The molecule has 0 amide bonds. The van der Waals surface area contributed by atoms with Gasteiger partial charge in [0.2, 0.25) is 0 Å². The topological polar surface area (TPSA) is 24.8 Å². The highest BCUT2D eigenvalue weighted by molar-refractivity contribution is 6.02. The second-order valence-electron chi connectivity index (χ2n) is 8.70. The minimum atomic E-state index is -0.275. The van der Waals surface area contributed by atoms with E-state index in [2.05, 4.69) is 83.9 Å². The van der Waals surface area contributed by atoms with Gasteiger partial charge in [0, 0.05) is 24.8 Å². The first-order chi connectivity index (χ1) is 14.8. The molecule has 0 N–H and O–H groups in total. The summed E-state index contributed by atoms with van der Waals surface area (Å²) in [6, 6.07) is 28.2. The Morgan fingerprint density at radius 1 is 0.733 bits per heavy atom. The third kappa shape index (κ3) is 2.84. The first kappa shape index (κ1) is 17.8. The summed E-state index contributed by atoms with van der Waals surface area (Å²) in [6.45, 7) is 0. The van der Waals surface area contributed by atoms with Crippen LogP contribution in [0, 0.1) is 0 Å². The van der Waals surface area contributed by atoms with E-state index in [9.17, 15) is 0 Å². The van der Waals surface area contributed by atoms with Crippen LogP contribution in [0.2, 0.25) is 0 Å². The molecule has 150 valence electrons. The lowest BCUT2D eigenvalue weighted by Crippen LogP contribution is -2.54. The zero-order valence-electron chi connectivity index (χ0n) is 17.1. The van der Waals surface area contributed by atoms with Crippen molar-refractivity contribution >= 4 is 5.71 Å². The van der Waals surface area contributed by atoms with Crippen LogP contribution in [0.3, 0.4) is 0 Å². The zero-order chi connectivity index (χ0) is 20.0. The standard InChI is InChI=1S/C27H26N2O/c1-3-9-20(10-4-1)21-13-15-22(16-14-21)24-19-25-23-11-5-6-12-26(23)30-27(29(25)28-24)17-7-2-8-18-27/h1,3-6,9-16,25H,2,7-8,17-19H2/t25-/m0/s1. The summed E-state index contributed by atoms with van der Waals surface area (Å²) >= 11 is 0. The van der Waals surface area contributed by atoms with Gasteiger partial charge in [0.05, 0.1) is 11.8 Å². The smallest absolute Gasteiger partial charge is 0.198 e. The first-order valence-electron chi connectivity index (χ1n) is 11.1. The molecule has 1 atom stereocenters. The van der Waals surface area contributed by atoms with Crippen molar-refractivity contribution in [1.29, 1.82) is 0 Å². The predicted octanol–water partition coefficient (Wildman–Crippen LogP) is 6.56. The van der Waals surface area contributed by atoms with Gasteiger partial charge in [-0.25, -0.2) is 5.01 Å². The van der Waals surface area contributed by atoms with Crippen molar-refractivity contribution in [2.24, 2.45) is 5.10 Å². The van der Waals surface area contributed by atoms with E-state index < -0.39 is 0 Å². The number of hydrogen-bond acceptors (Lipinski definition) is 3. The van der Waals surface area contributed by atoms with Gasteiger partial charge in [-0.3, -0.25) is 0 Å². The molecule has 6 rings (SSSR count). The molecule has 30 heavy (non-hydrogen) atoms. The largest absolute Gasteiger partial charge is 0.466 e. The third-order valence-corrected chi connectivity index (χ3v) is 6.87. The highest BCUT2D eigenvalue weighted by atomic mass is 16.5. The molecular weight excluding hydrogens is 368 g/mol. The van der Waals surface area contributed by atoms with Crippen molar-refractivity contribution in [3.63, 3.8) is 0 Å². The van der Waals surface area contributed by atoms with Gasteiger partial charge in [-0.2, -0.15) is 5.10 Å². The maximum atomic E-state index is 6.65. The van der Waals surface area contributed by atoms with E-state index in [1.54, 1.807) is 0 Å². The van der Waals surface area contributed by atoms with Crippen molar-refractivity contribution in [2.75, 3.05) is 0 Å². The molecule has 0 radical (unpaired) electrons. The average Bonchev–Trinajstić information content (AvgIpc) is 3.28. The number of fused-ring (bicyclic) bond motifs is 4. The monoisotopic (exact) mass is 394 g/mol. The van der Waals surface area contributed by atoms with E-state index in [1.807, 2.05) is 0 Å². The van der Waals surface area contributed by atoms with Gasteiger partial charge in [0.1, 0.15) is 5.75 Å². The Hall–Kier alpha value is -3.07. The van der Waals surface area contributed by atoms with Crippen LogP contribution >= 0.6 is 0 Å². The summed E-state index contributed by atoms with van der Waals surface area (Å²) in [6.07, 6.45) is 6.77. The van der Waals surface area contributed by atoms with Crippen LogP contribution in [-0.2, 0) is 0 Å². The lowest BCUT2D eigenvalue weighted by atomic mass is 9.86.